The smallest absolute Gasteiger partial charge is 0.121 e. The van der Waals surface area contributed by atoms with Crippen molar-refractivity contribution in [3.05, 3.63) is 28.8 Å². The van der Waals surface area contributed by atoms with Crippen molar-refractivity contribution in [2.45, 2.75) is 40.7 Å². The van der Waals surface area contributed by atoms with Crippen molar-refractivity contribution in [2.24, 2.45) is 11.8 Å². The van der Waals surface area contributed by atoms with Crippen molar-refractivity contribution in [3.63, 3.8) is 0 Å². The molecular formula is C16H25NO. The molecule has 0 aromatic heterocycles. The average Bonchev–Trinajstić information content (AvgIpc) is 2.24. The Kier molecular flexibility index (Phi) is 3.96. The van der Waals surface area contributed by atoms with Crippen LogP contribution in [0.3, 0.4) is 0 Å². The maximum Gasteiger partial charge on any atom is 0.121 e. The van der Waals surface area contributed by atoms with Crippen molar-refractivity contribution in [1.82, 2.24) is 4.90 Å². The van der Waals surface area contributed by atoms with E-state index in [0.717, 1.165) is 29.5 Å². The molecule has 0 amide bonds. The number of benzene rings is 1. The van der Waals surface area contributed by atoms with Gasteiger partial charge in [0, 0.05) is 19.6 Å². The zero-order valence-corrected chi connectivity index (χ0v) is 12.0. The number of rotatable bonds is 2. The molecule has 18 heavy (non-hydrogen) atoms. The van der Waals surface area contributed by atoms with E-state index in [1.54, 1.807) is 0 Å². The highest BCUT2D eigenvalue weighted by atomic mass is 16.3. The van der Waals surface area contributed by atoms with Crippen LogP contribution >= 0.6 is 0 Å². The van der Waals surface area contributed by atoms with Gasteiger partial charge in [0.2, 0.25) is 0 Å². The van der Waals surface area contributed by atoms with Gasteiger partial charge in [0.05, 0.1) is 0 Å². The van der Waals surface area contributed by atoms with E-state index < -0.39 is 0 Å². The summed E-state index contributed by atoms with van der Waals surface area (Å²) in [6.07, 6.45) is 1.35. The van der Waals surface area contributed by atoms with Gasteiger partial charge in [-0.2, -0.15) is 0 Å². The van der Waals surface area contributed by atoms with Crippen LogP contribution in [0, 0.1) is 25.7 Å². The summed E-state index contributed by atoms with van der Waals surface area (Å²) in [7, 11) is 0. The van der Waals surface area contributed by atoms with E-state index in [1.807, 2.05) is 13.8 Å². The number of aromatic hydroxyl groups is 1. The minimum atomic E-state index is 0.444. The first-order valence-electron chi connectivity index (χ1n) is 6.97. The van der Waals surface area contributed by atoms with Gasteiger partial charge in [0.15, 0.2) is 0 Å². The molecule has 2 nitrogen and oxygen atoms in total. The Hall–Kier alpha value is -1.02. The standard InChI is InChI=1S/C16H25NO/c1-11-5-12(2)9-17(8-11)10-15-6-13(3)16(18)14(4)7-15/h6-7,11-12,18H,5,8-10H2,1-4H3/t11-,12-/m1/s1. The van der Waals surface area contributed by atoms with Crippen LogP contribution in [-0.2, 0) is 6.54 Å². The highest BCUT2D eigenvalue weighted by Gasteiger charge is 2.21. The lowest BCUT2D eigenvalue weighted by molar-refractivity contribution is 0.134. The summed E-state index contributed by atoms with van der Waals surface area (Å²) in [6.45, 7) is 12.1. The molecule has 0 radical (unpaired) electrons. The molecule has 1 aromatic rings. The van der Waals surface area contributed by atoms with E-state index in [-0.39, 0.29) is 0 Å². The molecule has 0 spiro atoms. The lowest BCUT2D eigenvalue weighted by Gasteiger charge is -2.35. The van der Waals surface area contributed by atoms with Crippen LogP contribution in [0.1, 0.15) is 37.0 Å². The highest BCUT2D eigenvalue weighted by Crippen LogP contribution is 2.26. The van der Waals surface area contributed by atoms with E-state index >= 15 is 0 Å². The quantitative estimate of drug-likeness (QED) is 0.864. The van der Waals surface area contributed by atoms with E-state index in [4.69, 9.17) is 0 Å². The van der Waals surface area contributed by atoms with Gasteiger partial charge in [-0.1, -0.05) is 26.0 Å². The second-order valence-electron chi connectivity index (χ2n) is 6.22. The van der Waals surface area contributed by atoms with Crippen molar-refractivity contribution >= 4 is 0 Å². The topological polar surface area (TPSA) is 23.5 Å². The number of phenolic OH excluding ortho intramolecular Hbond substituents is 1. The van der Waals surface area contributed by atoms with Crippen LogP contribution < -0.4 is 0 Å². The van der Waals surface area contributed by atoms with Gasteiger partial charge in [-0.3, -0.25) is 4.90 Å². The maximum atomic E-state index is 9.81. The van der Waals surface area contributed by atoms with Crippen LogP contribution in [0.15, 0.2) is 12.1 Å². The van der Waals surface area contributed by atoms with Crippen LogP contribution in [0.4, 0.5) is 0 Å². The first kappa shape index (κ1) is 13.4. The van der Waals surface area contributed by atoms with Crippen molar-refractivity contribution in [3.8, 4) is 5.75 Å². The molecule has 0 saturated carbocycles. The molecule has 1 N–H and O–H groups in total. The number of nitrogens with zero attached hydrogens (tertiary/aromatic N) is 1. The lowest BCUT2D eigenvalue weighted by Crippen LogP contribution is -2.38. The average molecular weight is 247 g/mol. The van der Waals surface area contributed by atoms with Gasteiger partial charge in [0.1, 0.15) is 5.75 Å². The molecule has 2 heteroatoms. The monoisotopic (exact) mass is 247 g/mol. The van der Waals surface area contributed by atoms with Gasteiger partial charge < -0.3 is 5.11 Å². The third-order valence-corrected chi connectivity index (χ3v) is 3.90. The summed E-state index contributed by atoms with van der Waals surface area (Å²) in [5, 5.41) is 9.81. The van der Waals surface area contributed by atoms with Gasteiger partial charge in [-0.15, -0.1) is 0 Å². The van der Waals surface area contributed by atoms with Crippen molar-refractivity contribution < 1.29 is 5.11 Å². The number of piperidine rings is 1. The molecule has 0 aliphatic carbocycles. The molecule has 1 saturated heterocycles. The Bertz CT molecular complexity index is 394. The highest BCUT2D eigenvalue weighted by molar-refractivity contribution is 5.42. The summed E-state index contributed by atoms with van der Waals surface area (Å²) in [4.78, 5) is 2.55. The minimum absolute atomic E-state index is 0.444. The second kappa shape index (κ2) is 5.31. The molecule has 2 rings (SSSR count). The SMILES string of the molecule is Cc1cc(CN2C[C@H](C)C[C@@H](C)C2)cc(C)c1O. The Balaban J connectivity index is 2.09. The van der Waals surface area contributed by atoms with E-state index in [2.05, 4.69) is 30.9 Å². The normalized spacial score (nSPS) is 25.3. The van der Waals surface area contributed by atoms with Crippen LogP contribution in [0.25, 0.3) is 0 Å². The zero-order chi connectivity index (χ0) is 13.3. The Morgan fingerprint density at radius 2 is 1.61 bits per heavy atom. The van der Waals surface area contributed by atoms with Gasteiger partial charge in [0.25, 0.3) is 0 Å². The van der Waals surface area contributed by atoms with Crippen molar-refractivity contribution in [2.75, 3.05) is 13.1 Å². The Morgan fingerprint density at radius 1 is 1.11 bits per heavy atom. The van der Waals surface area contributed by atoms with E-state index in [9.17, 15) is 5.11 Å². The number of phenols is 1. The number of aryl methyl sites for hydroxylation is 2. The van der Waals surface area contributed by atoms with Crippen molar-refractivity contribution in [1.29, 1.82) is 0 Å². The van der Waals surface area contributed by atoms with Crippen LogP contribution in [0.5, 0.6) is 5.75 Å². The predicted octanol–water partition coefficient (Wildman–Crippen LogP) is 3.49. The molecule has 1 fully saturated rings. The summed E-state index contributed by atoms with van der Waals surface area (Å²) in [5.41, 5.74) is 3.30. The van der Waals surface area contributed by atoms with E-state index in [1.165, 1.54) is 25.1 Å². The maximum absolute atomic E-state index is 9.81. The zero-order valence-electron chi connectivity index (χ0n) is 12.0. The third kappa shape index (κ3) is 3.05. The first-order valence-corrected chi connectivity index (χ1v) is 6.97. The number of hydrogen-bond donors (Lipinski definition) is 1. The number of hydrogen-bond acceptors (Lipinski definition) is 2. The summed E-state index contributed by atoms with van der Waals surface area (Å²) in [6, 6.07) is 4.23. The first-order chi connectivity index (χ1) is 8.45. The lowest BCUT2D eigenvalue weighted by atomic mass is 9.91. The van der Waals surface area contributed by atoms with Gasteiger partial charge >= 0.3 is 0 Å². The van der Waals surface area contributed by atoms with Crippen LogP contribution in [-0.4, -0.2) is 23.1 Å². The van der Waals surface area contributed by atoms with E-state index in [0.29, 0.717) is 5.75 Å². The predicted molar refractivity (Wildman–Crippen MR) is 75.8 cm³/mol. The Morgan fingerprint density at radius 3 is 2.11 bits per heavy atom. The second-order valence-corrected chi connectivity index (χ2v) is 6.22. The molecule has 2 atom stereocenters. The molecule has 0 unspecified atom stereocenters. The molecule has 100 valence electrons. The third-order valence-electron chi connectivity index (χ3n) is 3.90. The largest absolute Gasteiger partial charge is 0.507 e. The van der Waals surface area contributed by atoms with Gasteiger partial charge in [-0.05, 0) is 48.8 Å². The van der Waals surface area contributed by atoms with Gasteiger partial charge in [-0.25, -0.2) is 0 Å². The van der Waals surface area contributed by atoms with Crippen LogP contribution in [0.2, 0.25) is 0 Å². The fourth-order valence-corrected chi connectivity index (χ4v) is 3.32. The fraction of sp³-hybridized carbons (Fsp3) is 0.625. The molecule has 1 aliphatic rings. The molecule has 0 bridgehead atoms. The fourth-order valence-electron chi connectivity index (χ4n) is 3.32. The molecule has 1 aromatic carbocycles. The summed E-state index contributed by atoms with van der Waals surface area (Å²) in [5.74, 6) is 2.04. The molecule has 1 aliphatic heterocycles. The Labute approximate surface area is 111 Å². The molecule has 1 heterocycles. The summed E-state index contributed by atoms with van der Waals surface area (Å²) < 4.78 is 0. The minimum Gasteiger partial charge on any atom is -0.507 e. The number of likely N-dealkylation sites (tertiary alicyclic amines) is 1. The summed E-state index contributed by atoms with van der Waals surface area (Å²) >= 11 is 0. The molecular weight excluding hydrogens is 222 g/mol.